The van der Waals surface area contributed by atoms with E-state index in [1.54, 1.807) is 0 Å². The van der Waals surface area contributed by atoms with E-state index in [0.717, 1.165) is 57.8 Å². The van der Waals surface area contributed by atoms with Crippen LogP contribution in [0.1, 0.15) is 271 Å². The Kier molecular flexibility index (Phi) is 41.6. The third-order valence-corrected chi connectivity index (χ3v) is 12.4. The van der Waals surface area contributed by atoms with Crippen LogP contribution in [0.3, 0.4) is 0 Å². The molecule has 0 saturated carbocycles. The van der Waals surface area contributed by atoms with Crippen LogP contribution >= 0.6 is 0 Å². The smallest absolute Gasteiger partial charge is 0.427 e. The summed E-state index contributed by atoms with van der Waals surface area (Å²) in [5.41, 5.74) is -0.418. The summed E-state index contributed by atoms with van der Waals surface area (Å²) in [6.45, 7) is 6.80. The maximum Gasteiger partial charge on any atom is 0.509 e. The van der Waals surface area contributed by atoms with Gasteiger partial charge in [0, 0.05) is 0 Å². The molecule has 0 bridgehead atoms. The molecule has 346 valence electrons. The van der Waals surface area contributed by atoms with Gasteiger partial charge < -0.3 is 9.47 Å². The second-order valence-electron chi connectivity index (χ2n) is 18.1. The second-order valence-corrected chi connectivity index (χ2v) is 18.1. The summed E-state index contributed by atoms with van der Waals surface area (Å²) in [5.74, 6) is 0. The van der Waals surface area contributed by atoms with Crippen molar-refractivity contribution in [3.05, 3.63) is 72.9 Å². The lowest BCUT2D eigenvalue weighted by Crippen LogP contribution is -2.40. The first-order valence-electron chi connectivity index (χ1n) is 26.5. The van der Waals surface area contributed by atoms with Crippen LogP contribution in [0.5, 0.6) is 0 Å². The highest BCUT2D eigenvalue weighted by Gasteiger charge is 2.49. The third-order valence-electron chi connectivity index (χ3n) is 12.4. The zero-order chi connectivity index (χ0) is 43.1. The Labute approximate surface area is 374 Å². The van der Waals surface area contributed by atoms with E-state index in [-0.39, 0.29) is 6.10 Å². The van der Waals surface area contributed by atoms with Crippen LogP contribution in [0.25, 0.3) is 0 Å². The number of hydrogen-bond acceptors (Lipinski definition) is 3. The number of carbonyl (C=O) groups excluding carboxylic acids is 1. The van der Waals surface area contributed by atoms with E-state index in [1.807, 2.05) is 0 Å². The molecule has 1 aliphatic rings. The molecule has 3 heteroatoms. The van der Waals surface area contributed by atoms with Crippen LogP contribution in [-0.4, -0.2) is 17.9 Å². The average Bonchev–Trinajstić information content (AvgIpc) is 3.57. The Balaban J connectivity index is 2.41. The van der Waals surface area contributed by atoms with E-state index in [9.17, 15) is 4.79 Å². The van der Waals surface area contributed by atoms with Gasteiger partial charge in [-0.3, -0.25) is 0 Å². The van der Waals surface area contributed by atoms with Crippen molar-refractivity contribution in [2.24, 2.45) is 0 Å². The van der Waals surface area contributed by atoms with Crippen LogP contribution in [0.2, 0.25) is 0 Å². The van der Waals surface area contributed by atoms with Crippen molar-refractivity contribution < 1.29 is 14.3 Å². The Bertz CT molecular complexity index is 1040. The maximum atomic E-state index is 12.7. The van der Waals surface area contributed by atoms with Gasteiger partial charge in [0.1, 0.15) is 6.10 Å². The molecule has 0 aromatic heterocycles. The topological polar surface area (TPSA) is 35.5 Å². The summed E-state index contributed by atoms with van der Waals surface area (Å²) in [4.78, 5) is 12.7. The summed E-state index contributed by atoms with van der Waals surface area (Å²) >= 11 is 0. The number of carbonyl (C=O) groups is 1. The van der Waals surface area contributed by atoms with Crippen LogP contribution in [0.4, 0.5) is 4.79 Å². The Hall–Kier alpha value is -2.29. The fourth-order valence-electron chi connectivity index (χ4n) is 8.49. The normalized spacial score (nSPS) is 17.3. The molecule has 1 atom stereocenters. The van der Waals surface area contributed by atoms with Gasteiger partial charge in [-0.1, -0.05) is 209 Å². The van der Waals surface area contributed by atoms with Crippen molar-refractivity contribution in [1.82, 2.24) is 0 Å². The summed E-state index contributed by atoms with van der Waals surface area (Å²) in [6, 6.07) is 0. The van der Waals surface area contributed by atoms with E-state index >= 15 is 0 Å². The Morgan fingerprint density at radius 1 is 0.367 bits per heavy atom. The van der Waals surface area contributed by atoms with Crippen molar-refractivity contribution >= 4 is 6.16 Å². The van der Waals surface area contributed by atoms with Gasteiger partial charge in [-0.05, 0) is 135 Å². The third kappa shape index (κ3) is 35.3. The van der Waals surface area contributed by atoms with Crippen molar-refractivity contribution in [2.45, 2.75) is 283 Å². The standard InChI is InChI=1S/C57H100O3/c1-4-7-10-13-16-19-22-25-28-31-34-37-40-43-46-49-52-55-57(60-56(58)59-55,53-50-47-44-41-38-35-32-29-26-23-20-17-14-11-8-5-2)54-51-48-45-42-39-36-33-30-27-24-21-18-15-12-9-6-3/h16-21,25-30,55H,4-15,22-24,31-54H2,1-3H3. The van der Waals surface area contributed by atoms with E-state index in [0.29, 0.717) is 0 Å². The average molecular weight is 833 g/mol. The van der Waals surface area contributed by atoms with Crippen LogP contribution in [0, 0.1) is 0 Å². The molecular weight excluding hydrogens is 733 g/mol. The molecule has 0 spiro atoms. The number of cyclic esters (lactones) is 2. The molecule has 3 nitrogen and oxygen atoms in total. The van der Waals surface area contributed by atoms with Crippen molar-refractivity contribution in [3.8, 4) is 0 Å². The number of allylic oxidation sites excluding steroid dienone is 12. The van der Waals surface area contributed by atoms with Gasteiger partial charge in [-0.15, -0.1) is 0 Å². The fourth-order valence-corrected chi connectivity index (χ4v) is 8.49. The summed E-state index contributed by atoms with van der Waals surface area (Å²) in [6.07, 6.45) is 75.5. The van der Waals surface area contributed by atoms with Crippen molar-refractivity contribution in [3.63, 3.8) is 0 Å². The molecule has 1 saturated heterocycles. The first-order chi connectivity index (χ1) is 29.7. The maximum absolute atomic E-state index is 12.7. The first kappa shape index (κ1) is 55.7. The molecule has 1 rings (SSSR count). The molecular formula is C57H100O3. The van der Waals surface area contributed by atoms with Gasteiger partial charge in [0.25, 0.3) is 0 Å². The highest BCUT2D eigenvalue weighted by atomic mass is 16.8. The number of hydrogen-bond donors (Lipinski definition) is 0. The highest BCUT2D eigenvalue weighted by molar-refractivity contribution is 5.63. The van der Waals surface area contributed by atoms with E-state index < -0.39 is 11.8 Å². The molecule has 1 aliphatic heterocycles. The number of ether oxygens (including phenoxy) is 2. The van der Waals surface area contributed by atoms with Gasteiger partial charge in [-0.2, -0.15) is 0 Å². The second kappa shape index (κ2) is 44.8. The number of rotatable bonds is 45. The van der Waals surface area contributed by atoms with Gasteiger partial charge in [-0.25, -0.2) is 4.79 Å². The monoisotopic (exact) mass is 833 g/mol. The molecule has 0 aromatic carbocycles. The fraction of sp³-hybridized carbons (Fsp3) is 0.772. The zero-order valence-corrected chi connectivity index (χ0v) is 40.3. The van der Waals surface area contributed by atoms with Crippen LogP contribution in [0.15, 0.2) is 72.9 Å². The van der Waals surface area contributed by atoms with E-state index in [4.69, 9.17) is 9.47 Å². The SMILES string of the molecule is CCCCCC=CCC=CCCCCCCCCC1OC(=O)OC1(CCCCCCCCC=CCC=CCCCCC)CCCCCCCCC=CCC=CCCCCC. The molecule has 60 heavy (non-hydrogen) atoms. The molecule has 1 heterocycles. The minimum atomic E-state index is -0.418. The Morgan fingerprint density at radius 3 is 0.983 bits per heavy atom. The van der Waals surface area contributed by atoms with Gasteiger partial charge in [0.2, 0.25) is 0 Å². The predicted molar refractivity (Wildman–Crippen MR) is 266 cm³/mol. The minimum absolute atomic E-state index is 0.0771. The van der Waals surface area contributed by atoms with Crippen LogP contribution < -0.4 is 0 Å². The largest absolute Gasteiger partial charge is 0.509 e. The lowest BCUT2D eigenvalue weighted by Gasteiger charge is -2.31. The Morgan fingerprint density at radius 2 is 0.650 bits per heavy atom. The lowest BCUT2D eigenvalue weighted by molar-refractivity contribution is 0.00380. The molecule has 0 N–H and O–H groups in total. The molecule has 0 radical (unpaired) electrons. The first-order valence-corrected chi connectivity index (χ1v) is 26.5. The molecule has 0 aromatic rings. The van der Waals surface area contributed by atoms with E-state index in [1.165, 1.54) is 193 Å². The molecule has 0 amide bonds. The number of unbranched alkanes of at least 4 members (excludes halogenated alkanes) is 27. The molecule has 1 unspecified atom stereocenters. The molecule has 0 aliphatic carbocycles. The lowest BCUT2D eigenvalue weighted by atomic mass is 9.82. The van der Waals surface area contributed by atoms with Crippen molar-refractivity contribution in [2.75, 3.05) is 0 Å². The minimum Gasteiger partial charge on any atom is -0.427 e. The predicted octanol–water partition coefficient (Wildman–Crippen LogP) is 19.9. The van der Waals surface area contributed by atoms with Crippen molar-refractivity contribution in [1.29, 1.82) is 0 Å². The summed E-state index contributed by atoms with van der Waals surface area (Å²) < 4.78 is 12.2. The van der Waals surface area contributed by atoms with Gasteiger partial charge >= 0.3 is 6.16 Å². The molecule has 1 fully saturated rings. The summed E-state index contributed by atoms with van der Waals surface area (Å²) in [5, 5.41) is 0. The summed E-state index contributed by atoms with van der Waals surface area (Å²) in [7, 11) is 0. The van der Waals surface area contributed by atoms with Crippen LogP contribution in [-0.2, 0) is 9.47 Å². The van der Waals surface area contributed by atoms with Gasteiger partial charge in [0.15, 0.2) is 5.60 Å². The highest BCUT2D eigenvalue weighted by Crippen LogP contribution is 2.40. The van der Waals surface area contributed by atoms with E-state index in [2.05, 4.69) is 93.7 Å². The quantitative estimate of drug-likeness (QED) is 0.0348. The van der Waals surface area contributed by atoms with Gasteiger partial charge in [0.05, 0.1) is 0 Å². The zero-order valence-electron chi connectivity index (χ0n) is 40.3.